The third-order valence-corrected chi connectivity index (χ3v) is 0. The van der Waals surface area contributed by atoms with Crippen molar-refractivity contribution in [2.24, 2.45) is 0 Å². The van der Waals surface area contributed by atoms with Crippen LogP contribution in [0.15, 0.2) is 0 Å². The zero-order valence-electron chi connectivity index (χ0n) is 3.05. The van der Waals surface area contributed by atoms with Gasteiger partial charge in [-0.05, 0) is 0 Å². The van der Waals surface area contributed by atoms with Crippen LogP contribution in [0, 0.1) is 0 Å². The molecular formula is CrCu2O5. The van der Waals surface area contributed by atoms with Gasteiger partial charge in [-0.3, -0.25) is 0 Å². The van der Waals surface area contributed by atoms with Crippen molar-refractivity contribution in [3.8, 4) is 0 Å². The Morgan fingerprint density at radius 3 is 1.00 bits per heavy atom. The van der Waals surface area contributed by atoms with E-state index in [2.05, 4.69) is 0 Å². The van der Waals surface area contributed by atoms with Gasteiger partial charge in [-0.1, -0.05) is 0 Å². The molecule has 8 heavy (non-hydrogen) atoms. The van der Waals surface area contributed by atoms with E-state index in [1.165, 1.54) is 0 Å². The van der Waals surface area contributed by atoms with Crippen LogP contribution in [-0.2, 0) is 60.8 Å². The zero-order valence-corrected chi connectivity index (χ0v) is 6.21. The van der Waals surface area contributed by atoms with E-state index in [0.29, 0.717) is 0 Å². The first-order valence-electron chi connectivity index (χ1n) is 0.667. The Morgan fingerprint density at radius 1 is 1.00 bits per heavy atom. The summed E-state index contributed by atoms with van der Waals surface area (Å²) in [4.78, 5) is 0. The molecule has 0 aromatic carbocycles. The predicted octanol–water partition coefficient (Wildman–Crippen LogP) is -2.74. The van der Waals surface area contributed by atoms with Crippen LogP contribution in [0.1, 0.15) is 0 Å². The van der Waals surface area contributed by atoms with Crippen LogP contribution in [0.4, 0.5) is 0 Å². The maximum atomic E-state index is 8.59. The molecule has 58 valence electrons. The minimum absolute atomic E-state index is 0. The van der Waals surface area contributed by atoms with Crippen molar-refractivity contribution in [1.82, 2.24) is 0 Å². The van der Waals surface area contributed by atoms with E-state index in [9.17, 15) is 0 Å². The summed E-state index contributed by atoms with van der Waals surface area (Å²) in [5, 5.41) is 0. The van der Waals surface area contributed by atoms with E-state index in [1.54, 1.807) is 0 Å². The van der Waals surface area contributed by atoms with Gasteiger partial charge >= 0.3 is 63.7 Å². The van der Waals surface area contributed by atoms with Crippen LogP contribution in [-0.4, -0.2) is 0 Å². The fraction of sp³-hybridized carbons (Fsp3) is 0. The van der Waals surface area contributed by atoms with Gasteiger partial charge < -0.3 is 5.48 Å². The normalized spacial score (nSPS) is 7.25. The van der Waals surface area contributed by atoms with E-state index >= 15 is 0 Å². The summed E-state index contributed by atoms with van der Waals surface area (Å²) >= 11 is -5.75. The Morgan fingerprint density at radius 2 is 1.00 bits per heavy atom. The molecule has 0 rings (SSSR count). The van der Waals surface area contributed by atoms with Gasteiger partial charge in [0.25, 0.3) is 0 Å². The number of hydrogen-bond acceptors (Lipinski definition) is 4. The van der Waals surface area contributed by atoms with Gasteiger partial charge in [0, 0.05) is 0 Å². The first-order valence-corrected chi connectivity index (χ1v) is 2.75. The van der Waals surface area contributed by atoms with Gasteiger partial charge in [0.1, 0.15) is 0 Å². The summed E-state index contributed by atoms with van der Waals surface area (Å²) in [5.74, 6) is 0. The topological polar surface area (TPSA) is 109 Å². The number of rotatable bonds is 0. The monoisotopic (exact) mass is 258 g/mol. The molecule has 0 aliphatic heterocycles. The van der Waals surface area contributed by atoms with E-state index in [0.717, 1.165) is 0 Å². The molecule has 0 bridgehead atoms. The van der Waals surface area contributed by atoms with Crippen LogP contribution in [0.2, 0.25) is 0 Å². The van der Waals surface area contributed by atoms with Crippen molar-refractivity contribution in [3.05, 3.63) is 0 Å². The first kappa shape index (κ1) is 23.0. The molecule has 0 fully saturated rings. The summed E-state index contributed by atoms with van der Waals surface area (Å²) in [5.41, 5.74) is 0. The molecule has 0 saturated carbocycles. The molecule has 5 nitrogen and oxygen atoms in total. The summed E-state index contributed by atoms with van der Waals surface area (Å²) in [6.07, 6.45) is 0. The second-order valence-corrected chi connectivity index (χ2v) is 1.68. The Kier molecular flexibility index (Phi) is 23.1. The SMILES string of the molecule is [Cu+2].[Cu+2].[O-2].[O]=[Cr](=[O])([O-])[O-]. The van der Waals surface area contributed by atoms with E-state index < -0.39 is 13.6 Å². The van der Waals surface area contributed by atoms with Gasteiger partial charge in [0.15, 0.2) is 0 Å². The van der Waals surface area contributed by atoms with Gasteiger partial charge in [-0.2, -0.15) is 0 Å². The molecule has 0 unspecified atom stereocenters. The van der Waals surface area contributed by atoms with Crippen LogP contribution in [0.3, 0.4) is 0 Å². The molecule has 0 N–H and O–H groups in total. The van der Waals surface area contributed by atoms with Crippen molar-refractivity contribution < 1.29 is 69.2 Å². The Balaban J connectivity index is -0.0000000267. The van der Waals surface area contributed by atoms with Gasteiger partial charge in [0.2, 0.25) is 0 Å². The second-order valence-electron chi connectivity index (χ2n) is 0.408. The third kappa shape index (κ3) is 234. The van der Waals surface area contributed by atoms with Gasteiger partial charge in [-0.15, -0.1) is 0 Å². The van der Waals surface area contributed by atoms with Crippen molar-refractivity contribution >= 4 is 0 Å². The van der Waals surface area contributed by atoms with Crippen molar-refractivity contribution in [3.63, 3.8) is 0 Å². The summed E-state index contributed by atoms with van der Waals surface area (Å²) in [7, 11) is 0. The molecule has 0 aliphatic rings. The summed E-state index contributed by atoms with van der Waals surface area (Å²) < 4.78 is 34.4. The Bertz CT molecular complexity index is 93.6. The Hall–Kier alpha value is 1.05. The van der Waals surface area contributed by atoms with Crippen LogP contribution < -0.4 is 8.32 Å². The van der Waals surface area contributed by atoms with Crippen molar-refractivity contribution in [1.29, 1.82) is 0 Å². The van der Waals surface area contributed by atoms with Crippen LogP contribution >= 0.6 is 0 Å². The van der Waals surface area contributed by atoms with Crippen LogP contribution in [0.5, 0.6) is 0 Å². The maximum absolute atomic E-state index is 8.59. The molecule has 0 heterocycles. The quantitative estimate of drug-likeness (QED) is 0.439. The molecule has 0 amide bonds. The van der Waals surface area contributed by atoms with Gasteiger partial charge in [-0.25, -0.2) is 0 Å². The molecule has 0 spiro atoms. The average molecular weight is 259 g/mol. The summed E-state index contributed by atoms with van der Waals surface area (Å²) in [6.45, 7) is 0. The van der Waals surface area contributed by atoms with Crippen molar-refractivity contribution in [2.75, 3.05) is 0 Å². The molecule has 0 atom stereocenters. The first-order chi connectivity index (χ1) is 2.00. The number of hydrogen-bond donors (Lipinski definition) is 0. The van der Waals surface area contributed by atoms with Gasteiger partial charge in [0.05, 0.1) is 0 Å². The fourth-order valence-electron chi connectivity index (χ4n) is 0. The third-order valence-electron chi connectivity index (χ3n) is 0. The molecule has 0 aliphatic carbocycles. The van der Waals surface area contributed by atoms with Crippen molar-refractivity contribution in [2.45, 2.75) is 0 Å². The molecule has 8 heteroatoms. The minimum atomic E-state index is -5.75. The van der Waals surface area contributed by atoms with E-state index in [4.69, 9.17) is 15.9 Å². The molecule has 0 aromatic heterocycles. The average Bonchev–Trinajstić information content (AvgIpc) is 0.722. The van der Waals surface area contributed by atoms with E-state index in [-0.39, 0.29) is 39.6 Å². The standard InChI is InChI=1S/Cr.2Cu.5O/q;2*+2;;;-2;2*-1. The molecule has 0 saturated heterocycles. The predicted molar refractivity (Wildman–Crippen MR) is 2.06 cm³/mol. The molecule has 2 radical (unpaired) electrons. The molecular weight excluding hydrogens is 259 g/mol. The van der Waals surface area contributed by atoms with E-state index in [1.807, 2.05) is 0 Å². The summed E-state index contributed by atoms with van der Waals surface area (Å²) in [6, 6.07) is 0. The van der Waals surface area contributed by atoms with Crippen LogP contribution in [0.25, 0.3) is 0 Å². The second kappa shape index (κ2) is 8.05. The fourth-order valence-corrected chi connectivity index (χ4v) is 0. The Labute approximate surface area is 69.1 Å². The zero-order chi connectivity index (χ0) is 4.50. The molecule has 0 aromatic rings.